The molecule has 0 aromatic rings. The van der Waals surface area contributed by atoms with Gasteiger partial charge in [0.2, 0.25) is 5.91 Å². The predicted octanol–water partition coefficient (Wildman–Crippen LogP) is 12.6. The second kappa shape index (κ2) is 36.9. The molecule has 0 aromatic carbocycles. The highest BCUT2D eigenvalue weighted by Crippen LogP contribution is 2.16. The Kier molecular flexibility index (Phi) is 36.2. The largest absolute Gasteiger partial charge is 0.387 e. The van der Waals surface area contributed by atoms with Crippen molar-refractivity contribution in [1.29, 1.82) is 0 Å². The van der Waals surface area contributed by atoms with Gasteiger partial charge in [-0.2, -0.15) is 8.42 Å². The van der Waals surface area contributed by atoms with E-state index in [1.165, 1.54) is 173 Å². The van der Waals surface area contributed by atoms with Crippen LogP contribution in [0.15, 0.2) is 12.2 Å². The third kappa shape index (κ3) is 38.1. The SMILES string of the molecule is CCCCCCCCCCCCCC/C=C/C(O)C(CS(=O)(=O)O)NC(=O)CCCCCCCCCCCCCCCCCCCCCC. The van der Waals surface area contributed by atoms with Crippen LogP contribution < -0.4 is 5.32 Å². The Balaban J connectivity index is 3.83. The fourth-order valence-electron chi connectivity index (χ4n) is 6.75. The summed E-state index contributed by atoms with van der Waals surface area (Å²) >= 11 is 0. The molecule has 0 rings (SSSR count). The summed E-state index contributed by atoms with van der Waals surface area (Å²) in [5.41, 5.74) is 0. The number of nitrogens with one attached hydrogen (secondary N) is 1. The van der Waals surface area contributed by atoms with Crippen LogP contribution in [0.5, 0.6) is 0 Å². The first-order valence-electron chi connectivity index (χ1n) is 21.4. The van der Waals surface area contributed by atoms with Gasteiger partial charge in [0, 0.05) is 6.42 Å². The maximum absolute atomic E-state index is 12.5. The number of aliphatic hydroxyl groups excluding tert-OH is 1. The average Bonchev–Trinajstić information content (AvgIpc) is 3.06. The lowest BCUT2D eigenvalue weighted by Gasteiger charge is -2.21. The zero-order valence-corrected chi connectivity index (χ0v) is 33.4. The Labute approximate surface area is 305 Å². The number of hydrogen-bond acceptors (Lipinski definition) is 4. The van der Waals surface area contributed by atoms with Crippen molar-refractivity contribution >= 4 is 16.0 Å². The molecule has 3 N–H and O–H groups in total. The summed E-state index contributed by atoms with van der Waals surface area (Å²) in [4.78, 5) is 12.5. The quantitative estimate of drug-likeness (QED) is 0.0334. The summed E-state index contributed by atoms with van der Waals surface area (Å²) in [6.07, 6.45) is 44.9. The van der Waals surface area contributed by atoms with Gasteiger partial charge in [-0.15, -0.1) is 0 Å². The van der Waals surface area contributed by atoms with Crippen LogP contribution in [0.25, 0.3) is 0 Å². The van der Waals surface area contributed by atoms with Crippen molar-refractivity contribution in [3.63, 3.8) is 0 Å². The molecule has 2 unspecified atom stereocenters. The molecular formula is C42H83NO5S. The second-order valence-corrected chi connectivity index (χ2v) is 16.5. The third-order valence-corrected chi connectivity index (χ3v) is 10.7. The highest BCUT2D eigenvalue weighted by atomic mass is 32.2. The molecule has 0 aliphatic rings. The molecule has 1 amide bonds. The maximum atomic E-state index is 12.5. The van der Waals surface area contributed by atoms with E-state index >= 15 is 0 Å². The minimum atomic E-state index is -4.34. The fourth-order valence-corrected chi connectivity index (χ4v) is 7.48. The lowest BCUT2D eigenvalue weighted by Crippen LogP contribution is -2.46. The van der Waals surface area contributed by atoms with Crippen LogP contribution >= 0.6 is 0 Å². The highest BCUT2D eigenvalue weighted by Gasteiger charge is 2.24. The smallest absolute Gasteiger partial charge is 0.267 e. The van der Waals surface area contributed by atoms with Crippen molar-refractivity contribution in [3.8, 4) is 0 Å². The molecule has 0 aliphatic carbocycles. The summed E-state index contributed by atoms with van der Waals surface area (Å²) in [7, 11) is -4.34. The average molecular weight is 714 g/mol. The molecule has 7 heteroatoms. The molecule has 0 radical (unpaired) electrons. The lowest BCUT2D eigenvalue weighted by atomic mass is 10.0. The third-order valence-electron chi connectivity index (χ3n) is 9.96. The molecule has 292 valence electrons. The van der Waals surface area contributed by atoms with E-state index in [1.54, 1.807) is 6.08 Å². The van der Waals surface area contributed by atoms with Gasteiger partial charge in [0.1, 0.15) is 0 Å². The van der Waals surface area contributed by atoms with Crippen molar-refractivity contribution in [2.75, 3.05) is 5.75 Å². The first-order chi connectivity index (χ1) is 23.8. The summed E-state index contributed by atoms with van der Waals surface area (Å²) in [6.45, 7) is 4.53. The van der Waals surface area contributed by atoms with Crippen LogP contribution in [-0.2, 0) is 14.9 Å². The molecule has 49 heavy (non-hydrogen) atoms. The van der Waals surface area contributed by atoms with Gasteiger partial charge >= 0.3 is 0 Å². The minimum absolute atomic E-state index is 0.274. The van der Waals surface area contributed by atoms with E-state index in [0.29, 0.717) is 6.42 Å². The van der Waals surface area contributed by atoms with Gasteiger partial charge in [0.15, 0.2) is 0 Å². The van der Waals surface area contributed by atoms with Crippen LogP contribution in [0.2, 0.25) is 0 Å². The number of hydrogen-bond donors (Lipinski definition) is 3. The van der Waals surface area contributed by atoms with E-state index in [4.69, 9.17) is 0 Å². The summed E-state index contributed by atoms with van der Waals surface area (Å²) < 4.78 is 32.5. The molecular weight excluding hydrogens is 631 g/mol. The second-order valence-electron chi connectivity index (χ2n) is 15.0. The number of carbonyl (C=O) groups is 1. The Bertz CT molecular complexity index is 831. The first-order valence-corrected chi connectivity index (χ1v) is 23.0. The van der Waals surface area contributed by atoms with Crippen molar-refractivity contribution in [3.05, 3.63) is 12.2 Å². The normalized spacial score (nSPS) is 13.3. The molecule has 0 bridgehead atoms. The van der Waals surface area contributed by atoms with E-state index in [9.17, 15) is 22.9 Å². The number of unbranched alkanes of at least 4 members (excludes halogenated alkanes) is 31. The van der Waals surface area contributed by atoms with Crippen LogP contribution in [0.4, 0.5) is 0 Å². The van der Waals surface area contributed by atoms with Gasteiger partial charge in [-0.25, -0.2) is 0 Å². The monoisotopic (exact) mass is 714 g/mol. The topological polar surface area (TPSA) is 104 Å². The maximum Gasteiger partial charge on any atom is 0.267 e. The van der Waals surface area contributed by atoms with E-state index in [-0.39, 0.29) is 5.91 Å². The Morgan fingerprint density at radius 3 is 1.16 bits per heavy atom. The number of rotatable bonds is 39. The van der Waals surface area contributed by atoms with Crippen molar-refractivity contribution < 1.29 is 22.9 Å². The van der Waals surface area contributed by atoms with Gasteiger partial charge in [0.05, 0.1) is 17.9 Å². The molecule has 2 atom stereocenters. The molecule has 0 fully saturated rings. The van der Waals surface area contributed by atoms with Crippen LogP contribution in [0.1, 0.15) is 232 Å². The van der Waals surface area contributed by atoms with Crippen LogP contribution in [-0.4, -0.2) is 41.9 Å². The number of carbonyl (C=O) groups excluding carboxylic acids is 1. The van der Waals surface area contributed by atoms with Crippen molar-refractivity contribution in [1.82, 2.24) is 5.32 Å². The van der Waals surface area contributed by atoms with E-state index in [0.717, 1.165) is 38.5 Å². The molecule has 0 heterocycles. The number of allylic oxidation sites excluding steroid dienone is 1. The van der Waals surface area contributed by atoms with Gasteiger partial charge < -0.3 is 10.4 Å². The molecule has 0 aliphatic heterocycles. The van der Waals surface area contributed by atoms with Gasteiger partial charge in [-0.3, -0.25) is 9.35 Å². The lowest BCUT2D eigenvalue weighted by molar-refractivity contribution is -0.122. The molecule has 0 saturated heterocycles. The van der Waals surface area contributed by atoms with Crippen molar-refractivity contribution in [2.24, 2.45) is 0 Å². The Hall–Kier alpha value is -0.920. The first kappa shape index (κ1) is 48.1. The standard InChI is InChI=1S/C42H83NO5S/c1-3-5-7-9-11-13-15-17-19-20-21-22-23-24-26-28-30-32-34-36-38-42(45)43-40(39-49(46,47)48)41(44)37-35-33-31-29-27-25-18-16-14-12-10-8-6-4-2/h35,37,40-41,44H,3-34,36,38-39H2,1-2H3,(H,43,45)(H,46,47,48)/b37-35+. The van der Waals surface area contributed by atoms with E-state index in [2.05, 4.69) is 19.2 Å². The zero-order chi connectivity index (χ0) is 36.1. The van der Waals surface area contributed by atoms with Crippen molar-refractivity contribution in [2.45, 2.75) is 244 Å². The summed E-state index contributed by atoms with van der Waals surface area (Å²) in [6, 6.07) is -1.05. The van der Waals surface area contributed by atoms with Crippen LogP contribution in [0.3, 0.4) is 0 Å². The highest BCUT2D eigenvalue weighted by molar-refractivity contribution is 7.85. The molecule has 0 saturated carbocycles. The Morgan fingerprint density at radius 2 is 0.837 bits per heavy atom. The van der Waals surface area contributed by atoms with Gasteiger partial charge in [-0.05, 0) is 19.3 Å². The number of amides is 1. The van der Waals surface area contributed by atoms with E-state index < -0.39 is 28.0 Å². The molecule has 0 aromatic heterocycles. The molecule has 6 nitrogen and oxygen atoms in total. The summed E-state index contributed by atoms with van der Waals surface area (Å²) in [5.74, 6) is -0.966. The summed E-state index contributed by atoms with van der Waals surface area (Å²) in [5, 5.41) is 13.2. The molecule has 0 spiro atoms. The number of aliphatic hydroxyl groups is 1. The predicted molar refractivity (Wildman–Crippen MR) is 212 cm³/mol. The van der Waals surface area contributed by atoms with E-state index in [1.807, 2.05) is 6.08 Å². The van der Waals surface area contributed by atoms with Gasteiger partial charge in [0.25, 0.3) is 10.1 Å². The fraction of sp³-hybridized carbons (Fsp3) is 0.929. The Morgan fingerprint density at radius 1 is 0.531 bits per heavy atom. The minimum Gasteiger partial charge on any atom is -0.387 e. The van der Waals surface area contributed by atoms with Gasteiger partial charge in [-0.1, -0.05) is 219 Å². The van der Waals surface area contributed by atoms with Crippen LogP contribution in [0, 0.1) is 0 Å². The zero-order valence-electron chi connectivity index (χ0n) is 32.6.